The average molecular weight is 233 g/mol. The Bertz CT molecular complexity index is 457. The molecule has 2 unspecified atom stereocenters. The summed E-state index contributed by atoms with van der Waals surface area (Å²) in [5, 5.41) is 6.80. The summed E-state index contributed by atoms with van der Waals surface area (Å²) in [6.07, 6.45) is 7.40. The van der Waals surface area contributed by atoms with E-state index in [1.54, 1.807) is 0 Å². The van der Waals surface area contributed by atoms with Crippen LogP contribution < -0.4 is 5.73 Å². The molecule has 2 heterocycles. The Kier molecular flexibility index (Phi) is 3.28. The SMILES string of the molecule is CC(C)C(N)c1cncn1C(C)c1cn[nH]c1. The van der Waals surface area contributed by atoms with Crippen LogP contribution in [0.2, 0.25) is 0 Å². The summed E-state index contributed by atoms with van der Waals surface area (Å²) < 4.78 is 2.11. The lowest BCUT2D eigenvalue weighted by atomic mass is 10.0. The molecule has 0 saturated carbocycles. The van der Waals surface area contributed by atoms with Gasteiger partial charge in [0.1, 0.15) is 0 Å². The Morgan fingerprint density at radius 1 is 1.29 bits per heavy atom. The first-order valence-electron chi connectivity index (χ1n) is 5.87. The predicted molar refractivity (Wildman–Crippen MR) is 66.4 cm³/mol. The van der Waals surface area contributed by atoms with Gasteiger partial charge in [-0.1, -0.05) is 13.8 Å². The number of nitrogens with one attached hydrogen (secondary N) is 1. The second kappa shape index (κ2) is 4.71. The molecule has 3 N–H and O–H groups in total. The quantitative estimate of drug-likeness (QED) is 0.846. The Morgan fingerprint density at radius 3 is 2.65 bits per heavy atom. The normalized spacial score (nSPS) is 15.1. The smallest absolute Gasteiger partial charge is 0.0954 e. The van der Waals surface area contributed by atoms with Gasteiger partial charge in [0.15, 0.2) is 0 Å². The molecular formula is C12H19N5. The monoisotopic (exact) mass is 233 g/mol. The van der Waals surface area contributed by atoms with Crippen molar-refractivity contribution in [2.45, 2.75) is 32.9 Å². The molecule has 2 atom stereocenters. The molecule has 2 aromatic rings. The minimum atomic E-state index is 0.00634. The lowest BCUT2D eigenvalue weighted by molar-refractivity contribution is 0.468. The summed E-state index contributed by atoms with van der Waals surface area (Å²) in [6, 6.07) is 0.197. The van der Waals surface area contributed by atoms with Crippen molar-refractivity contribution in [1.82, 2.24) is 19.7 Å². The Morgan fingerprint density at radius 2 is 2.06 bits per heavy atom. The number of H-pyrrole nitrogens is 1. The van der Waals surface area contributed by atoms with Gasteiger partial charge in [-0.3, -0.25) is 5.10 Å². The number of nitrogens with zero attached hydrogens (tertiary/aromatic N) is 3. The summed E-state index contributed by atoms with van der Waals surface area (Å²) in [7, 11) is 0. The summed E-state index contributed by atoms with van der Waals surface area (Å²) >= 11 is 0. The molecule has 0 aliphatic heterocycles. The van der Waals surface area contributed by atoms with Crippen LogP contribution in [-0.2, 0) is 0 Å². The van der Waals surface area contributed by atoms with Gasteiger partial charge in [0.25, 0.3) is 0 Å². The van der Waals surface area contributed by atoms with Gasteiger partial charge >= 0.3 is 0 Å². The van der Waals surface area contributed by atoms with Crippen LogP contribution in [0.15, 0.2) is 24.9 Å². The van der Waals surface area contributed by atoms with E-state index < -0.39 is 0 Å². The highest BCUT2D eigenvalue weighted by atomic mass is 15.1. The van der Waals surface area contributed by atoms with Gasteiger partial charge in [-0.25, -0.2) is 4.98 Å². The van der Waals surface area contributed by atoms with E-state index in [2.05, 4.69) is 40.5 Å². The van der Waals surface area contributed by atoms with Crippen molar-refractivity contribution in [2.75, 3.05) is 0 Å². The number of hydrogen-bond acceptors (Lipinski definition) is 3. The molecule has 0 amide bonds. The van der Waals surface area contributed by atoms with Gasteiger partial charge in [-0.05, 0) is 12.8 Å². The fourth-order valence-corrected chi connectivity index (χ4v) is 1.89. The minimum Gasteiger partial charge on any atom is -0.326 e. The van der Waals surface area contributed by atoms with E-state index in [9.17, 15) is 0 Å². The summed E-state index contributed by atoms with van der Waals surface area (Å²) in [4.78, 5) is 4.21. The number of imidazole rings is 1. The maximum atomic E-state index is 6.19. The van der Waals surface area contributed by atoms with Crippen molar-refractivity contribution in [3.05, 3.63) is 36.2 Å². The van der Waals surface area contributed by atoms with Crippen LogP contribution >= 0.6 is 0 Å². The van der Waals surface area contributed by atoms with Crippen LogP contribution in [0.5, 0.6) is 0 Å². The van der Waals surface area contributed by atoms with Crippen LogP contribution in [0.25, 0.3) is 0 Å². The van der Waals surface area contributed by atoms with E-state index in [1.807, 2.05) is 24.9 Å². The first-order valence-corrected chi connectivity index (χ1v) is 5.87. The first-order chi connectivity index (χ1) is 8.11. The largest absolute Gasteiger partial charge is 0.326 e. The molecule has 2 rings (SSSR count). The molecule has 2 aromatic heterocycles. The molecule has 5 heteroatoms. The van der Waals surface area contributed by atoms with Gasteiger partial charge in [0.05, 0.1) is 24.3 Å². The van der Waals surface area contributed by atoms with Gasteiger partial charge in [-0.15, -0.1) is 0 Å². The second-order valence-electron chi connectivity index (χ2n) is 4.70. The molecule has 0 aliphatic rings. The fraction of sp³-hybridized carbons (Fsp3) is 0.500. The maximum Gasteiger partial charge on any atom is 0.0954 e. The second-order valence-corrected chi connectivity index (χ2v) is 4.70. The maximum absolute atomic E-state index is 6.19. The highest BCUT2D eigenvalue weighted by Gasteiger charge is 2.19. The summed E-state index contributed by atoms with van der Waals surface area (Å²) in [6.45, 7) is 6.35. The number of aromatic amines is 1. The van der Waals surface area contributed by atoms with Crippen LogP contribution in [-0.4, -0.2) is 19.7 Å². The third kappa shape index (κ3) is 2.24. The zero-order valence-corrected chi connectivity index (χ0v) is 10.5. The molecule has 0 spiro atoms. The van der Waals surface area contributed by atoms with Crippen molar-refractivity contribution >= 4 is 0 Å². The molecule has 0 aromatic carbocycles. The van der Waals surface area contributed by atoms with Crippen molar-refractivity contribution in [3.8, 4) is 0 Å². The zero-order chi connectivity index (χ0) is 12.4. The van der Waals surface area contributed by atoms with E-state index >= 15 is 0 Å². The number of hydrogen-bond donors (Lipinski definition) is 2. The van der Waals surface area contributed by atoms with E-state index in [0.29, 0.717) is 5.92 Å². The van der Waals surface area contributed by atoms with Crippen LogP contribution in [0.1, 0.15) is 44.1 Å². The first kappa shape index (κ1) is 11.9. The topological polar surface area (TPSA) is 72.5 Å². The van der Waals surface area contributed by atoms with Gasteiger partial charge in [0.2, 0.25) is 0 Å². The molecule has 0 radical (unpaired) electrons. The van der Waals surface area contributed by atoms with Crippen LogP contribution in [0, 0.1) is 5.92 Å². The number of aromatic nitrogens is 4. The van der Waals surface area contributed by atoms with Gasteiger partial charge in [0, 0.05) is 24.0 Å². The molecule has 17 heavy (non-hydrogen) atoms. The predicted octanol–water partition coefficient (Wildman–Crippen LogP) is 1.87. The van der Waals surface area contributed by atoms with E-state index in [0.717, 1.165) is 11.3 Å². The summed E-state index contributed by atoms with van der Waals surface area (Å²) in [5.41, 5.74) is 8.38. The lowest BCUT2D eigenvalue weighted by Gasteiger charge is -2.21. The average Bonchev–Trinajstić information content (AvgIpc) is 2.97. The summed E-state index contributed by atoms with van der Waals surface area (Å²) in [5.74, 6) is 0.391. The third-order valence-electron chi connectivity index (χ3n) is 3.17. The Hall–Kier alpha value is -1.62. The van der Waals surface area contributed by atoms with E-state index in [-0.39, 0.29) is 12.1 Å². The highest BCUT2D eigenvalue weighted by Crippen LogP contribution is 2.24. The minimum absolute atomic E-state index is 0.00634. The number of rotatable bonds is 4. The van der Waals surface area contributed by atoms with Crippen LogP contribution in [0.3, 0.4) is 0 Å². The number of nitrogens with two attached hydrogens (primary N) is 1. The molecule has 92 valence electrons. The van der Waals surface area contributed by atoms with Gasteiger partial charge < -0.3 is 10.3 Å². The standard InChI is InChI=1S/C12H19N5/c1-8(2)12(13)11-6-14-7-17(11)9(3)10-4-15-16-5-10/h4-9,12H,13H2,1-3H3,(H,15,16). The van der Waals surface area contributed by atoms with Crippen LogP contribution in [0.4, 0.5) is 0 Å². The molecule has 5 nitrogen and oxygen atoms in total. The molecule has 0 aliphatic carbocycles. The van der Waals surface area contributed by atoms with Crippen molar-refractivity contribution in [1.29, 1.82) is 0 Å². The van der Waals surface area contributed by atoms with E-state index in [1.165, 1.54) is 0 Å². The van der Waals surface area contributed by atoms with Crippen molar-refractivity contribution in [2.24, 2.45) is 11.7 Å². The molecule has 0 saturated heterocycles. The fourth-order valence-electron chi connectivity index (χ4n) is 1.89. The van der Waals surface area contributed by atoms with E-state index in [4.69, 9.17) is 5.73 Å². The molecule has 0 bridgehead atoms. The van der Waals surface area contributed by atoms with Crippen molar-refractivity contribution < 1.29 is 0 Å². The third-order valence-corrected chi connectivity index (χ3v) is 3.17. The lowest BCUT2D eigenvalue weighted by Crippen LogP contribution is -2.22. The van der Waals surface area contributed by atoms with Crippen molar-refractivity contribution in [3.63, 3.8) is 0 Å². The Labute approximate surface area is 101 Å². The Balaban J connectivity index is 2.31. The molecular weight excluding hydrogens is 214 g/mol. The van der Waals surface area contributed by atoms with Gasteiger partial charge in [-0.2, -0.15) is 5.10 Å². The zero-order valence-electron chi connectivity index (χ0n) is 10.5. The highest BCUT2D eigenvalue weighted by molar-refractivity contribution is 5.15. The molecule has 0 fully saturated rings.